The maximum Gasteiger partial charge on any atom is 0.254 e. The number of aryl methyl sites for hydroxylation is 1. The smallest absolute Gasteiger partial charge is 0.254 e. The number of aromatic nitrogens is 2. The number of fused-ring (bicyclic) bond motifs is 2. The highest BCUT2D eigenvalue weighted by Crippen LogP contribution is 2.31. The number of nitrogens with zero attached hydrogens (tertiary/aromatic N) is 3. The van der Waals surface area contributed by atoms with Crippen LogP contribution in [0, 0.1) is 6.92 Å². The van der Waals surface area contributed by atoms with E-state index in [0.717, 1.165) is 40.3 Å². The van der Waals surface area contributed by atoms with Gasteiger partial charge in [-0.05, 0) is 43.7 Å². The largest absolute Gasteiger partial charge is 0.348 e. The molecule has 2 aromatic heterocycles. The number of hydrogen-bond donors (Lipinski definition) is 0. The molecule has 0 fully saturated rings. The summed E-state index contributed by atoms with van der Waals surface area (Å²) >= 11 is 1.64. The van der Waals surface area contributed by atoms with E-state index in [1.807, 2.05) is 30.0 Å². The van der Waals surface area contributed by atoms with Crippen LogP contribution in [0.5, 0.6) is 0 Å². The number of hydrogen-bond acceptors (Lipinski definition) is 3. The number of benzene rings is 1. The molecule has 1 aliphatic rings. The second kappa shape index (κ2) is 5.49. The summed E-state index contributed by atoms with van der Waals surface area (Å²) < 4.78 is 3.34. The van der Waals surface area contributed by atoms with Crippen LogP contribution in [0.2, 0.25) is 0 Å². The van der Waals surface area contributed by atoms with E-state index in [4.69, 9.17) is 0 Å². The Morgan fingerprint density at radius 1 is 1.35 bits per heavy atom. The van der Waals surface area contributed by atoms with Crippen molar-refractivity contribution < 1.29 is 4.79 Å². The zero-order valence-corrected chi connectivity index (χ0v) is 14.1. The van der Waals surface area contributed by atoms with Crippen molar-refractivity contribution in [3.05, 3.63) is 52.8 Å². The van der Waals surface area contributed by atoms with Gasteiger partial charge in [0.2, 0.25) is 0 Å². The van der Waals surface area contributed by atoms with E-state index < -0.39 is 0 Å². The molecule has 0 saturated heterocycles. The van der Waals surface area contributed by atoms with Crippen molar-refractivity contribution >= 4 is 27.5 Å². The summed E-state index contributed by atoms with van der Waals surface area (Å²) in [5, 5.41) is 1.03. The molecule has 0 unspecified atom stereocenters. The Bertz CT molecular complexity index is 879. The predicted octanol–water partition coefficient (Wildman–Crippen LogP) is 4.01. The van der Waals surface area contributed by atoms with E-state index in [1.54, 1.807) is 11.3 Å². The molecule has 1 aliphatic heterocycles. The fraction of sp³-hybridized carbons (Fsp3) is 0.333. The molecule has 3 aromatic rings. The van der Waals surface area contributed by atoms with E-state index in [-0.39, 0.29) is 11.9 Å². The van der Waals surface area contributed by atoms with Crippen LogP contribution < -0.4 is 0 Å². The van der Waals surface area contributed by atoms with Gasteiger partial charge in [-0.2, -0.15) is 0 Å². The SMILES string of the molecule is CC[C@H]1c2cccn2CCN1C(=O)c1ccc2nc(C)sc2c1. The first-order valence-corrected chi connectivity index (χ1v) is 8.82. The fourth-order valence-electron chi connectivity index (χ4n) is 3.48. The average Bonchev–Trinajstić information content (AvgIpc) is 3.17. The third-order valence-corrected chi connectivity index (χ3v) is 5.49. The topological polar surface area (TPSA) is 38.1 Å². The van der Waals surface area contributed by atoms with Crippen molar-refractivity contribution in [3.8, 4) is 0 Å². The molecule has 0 bridgehead atoms. The fourth-order valence-corrected chi connectivity index (χ4v) is 4.34. The van der Waals surface area contributed by atoms with E-state index in [1.165, 1.54) is 5.69 Å². The van der Waals surface area contributed by atoms with Crippen molar-refractivity contribution in [2.75, 3.05) is 6.54 Å². The predicted molar refractivity (Wildman–Crippen MR) is 92.9 cm³/mol. The Hall–Kier alpha value is -2.14. The van der Waals surface area contributed by atoms with Gasteiger partial charge in [0, 0.05) is 30.5 Å². The molecule has 1 amide bonds. The van der Waals surface area contributed by atoms with Crippen LogP contribution in [0.4, 0.5) is 0 Å². The molecular formula is C18H19N3OS. The minimum atomic E-state index is 0.122. The Labute approximate surface area is 139 Å². The lowest BCUT2D eigenvalue weighted by molar-refractivity contribution is 0.0618. The van der Waals surface area contributed by atoms with Crippen LogP contribution in [-0.4, -0.2) is 26.9 Å². The summed E-state index contributed by atoms with van der Waals surface area (Å²) in [5.41, 5.74) is 2.98. The van der Waals surface area contributed by atoms with Gasteiger partial charge in [0.05, 0.1) is 21.3 Å². The highest BCUT2D eigenvalue weighted by Gasteiger charge is 2.30. The van der Waals surface area contributed by atoms with Crippen molar-refractivity contribution in [3.63, 3.8) is 0 Å². The zero-order chi connectivity index (χ0) is 16.0. The summed E-state index contributed by atoms with van der Waals surface area (Å²) in [6.07, 6.45) is 3.03. The minimum Gasteiger partial charge on any atom is -0.348 e. The first-order chi connectivity index (χ1) is 11.2. The van der Waals surface area contributed by atoms with Crippen LogP contribution in [0.15, 0.2) is 36.5 Å². The van der Waals surface area contributed by atoms with Gasteiger partial charge in [0.1, 0.15) is 0 Å². The Morgan fingerprint density at radius 2 is 2.22 bits per heavy atom. The van der Waals surface area contributed by atoms with E-state index >= 15 is 0 Å². The van der Waals surface area contributed by atoms with Crippen molar-refractivity contribution in [2.45, 2.75) is 32.9 Å². The van der Waals surface area contributed by atoms with Gasteiger partial charge in [0.25, 0.3) is 5.91 Å². The van der Waals surface area contributed by atoms with E-state index in [9.17, 15) is 4.79 Å². The molecule has 118 valence electrons. The highest BCUT2D eigenvalue weighted by atomic mass is 32.1. The molecule has 0 saturated carbocycles. The number of amides is 1. The van der Waals surface area contributed by atoms with Gasteiger partial charge >= 0.3 is 0 Å². The lowest BCUT2D eigenvalue weighted by Crippen LogP contribution is -2.41. The summed E-state index contributed by atoms with van der Waals surface area (Å²) in [6.45, 7) is 5.77. The van der Waals surface area contributed by atoms with Crippen molar-refractivity contribution in [1.82, 2.24) is 14.5 Å². The average molecular weight is 325 g/mol. The van der Waals surface area contributed by atoms with Gasteiger partial charge in [0.15, 0.2) is 0 Å². The van der Waals surface area contributed by atoms with Gasteiger partial charge in [-0.1, -0.05) is 6.92 Å². The normalized spacial score (nSPS) is 17.5. The third kappa shape index (κ3) is 2.36. The molecule has 5 heteroatoms. The summed E-state index contributed by atoms with van der Waals surface area (Å²) in [7, 11) is 0. The highest BCUT2D eigenvalue weighted by molar-refractivity contribution is 7.18. The molecule has 1 atom stereocenters. The van der Waals surface area contributed by atoms with Crippen LogP contribution in [0.25, 0.3) is 10.2 Å². The third-order valence-electron chi connectivity index (χ3n) is 4.55. The molecule has 4 rings (SSSR count). The molecule has 0 aliphatic carbocycles. The molecule has 0 spiro atoms. The summed E-state index contributed by atoms with van der Waals surface area (Å²) in [5.74, 6) is 0.122. The molecule has 4 nitrogen and oxygen atoms in total. The first kappa shape index (κ1) is 14.5. The number of carbonyl (C=O) groups is 1. The monoisotopic (exact) mass is 325 g/mol. The zero-order valence-electron chi connectivity index (χ0n) is 13.3. The number of carbonyl (C=O) groups excluding carboxylic acids is 1. The van der Waals surface area contributed by atoms with Crippen molar-refractivity contribution in [2.24, 2.45) is 0 Å². The van der Waals surface area contributed by atoms with Crippen LogP contribution in [0.1, 0.15) is 40.4 Å². The molecule has 3 heterocycles. The quantitative estimate of drug-likeness (QED) is 0.714. The standard InChI is InChI=1S/C18H19N3OS/c1-3-15-16-5-4-8-20(16)9-10-21(15)18(22)13-6-7-14-17(11-13)23-12(2)19-14/h4-8,11,15H,3,9-10H2,1-2H3/t15-/m0/s1. The van der Waals surface area contributed by atoms with Crippen molar-refractivity contribution in [1.29, 1.82) is 0 Å². The van der Waals surface area contributed by atoms with Crippen LogP contribution in [0.3, 0.4) is 0 Å². The maximum absolute atomic E-state index is 13.1. The maximum atomic E-state index is 13.1. The molecular weight excluding hydrogens is 306 g/mol. The molecule has 0 N–H and O–H groups in total. The first-order valence-electron chi connectivity index (χ1n) is 8.00. The molecule has 0 radical (unpaired) electrons. The van der Waals surface area contributed by atoms with Gasteiger partial charge in [-0.15, -0.1) is 11.3 Å². The van der Waals surface area contributed by atoms with Gasteiger partial charge in [-0.3, -0.25) is 4.79 Å². The van der Waals surface area contributed by atoms with Crippen LogP contribution >= 0.6 is 11.3 Å². The van der Waals surface area contributed by atoms with Gasteiger partial charge in [-0.25, -0.2) is 4.98 Å². The van der Waals surface area contributed by atoms with Gasteiger partial charge < -0.3 is 9.47 Å². The number of rotatable bonds is 2. The number of thiazole rings is 1. The Balaban J connectivity index is 1.69. The molecule has 1 aromatic carbocycles. The second-order valence-corrected chi connectivity index (χ2v) is 7.20. The van der Waals surface area contributed by atoms with E-state index in [2.05, 4.69) is 34.8 Å². The van der Waals surface area contributed by atoms with Crippen LogP contribution in [-0.2, 0) is 6.54 Å². The Morgan fingerprint density at radius 3 is 3.04 bits per heavy atom. The Kier molecular flexibility index (Phi) is 3.45. The lowest BCUT2D eigenvalue weighted by atomic mass is 10.0. The summed E-state index contributed by atoms with van der Waals surface area (Å²) in [6, 6.07) is 10.2. The minimum absolute atomic E-state index is 0.122. The summed E-state index contributed by atoms with van der Waals surface area (Å²) in [4.78, 5) is 19.5. The molecule has 23 heavy (non-hydrogen) atoms. The van der Waals surface area contributed by atoms with E-state index in [0.29, 0.717) is 0 Å². The lowest BCUT2D eigenvalue weighted by Gasteiger charge is -2.36. The second-order valence-electron chi connectivity index (χ2n) is 5.96.